The number of thioether (sulfide) groups is 1. The third-order valence-corrected chi connectivity index (χ3v) is 6.60. The minimum absolute atomic E-state index is 0.0777. The van der Waals surface area contributed by atoms with Crippen LogP contribution in [0, 0.1) is 0 Å². The van der Waals surface area contributed by atoms with Gasteiger partial charge in [-0.2, -0.15) is 0 Å². The Balaban J connectivity index is 1.79. The SMILES string of the molecule is COc1ccc(C(=O)CSc2nc(-c3cccs3)nc3c2c(=O)n(C)c(=O)n3C)cc1. The van der Waals surface area contributed by atoms with Gasteiger partial charge in [0.2, 0.25) is 0 Å². The number of benzene rings is 1. The van der Waals surface area contributed by atoms with Crippen molar-refractivity contribution in [2.75, 3.05) is 12.9 Å². The van der Waals surface area contributed by atoms with E-state index in [1.807, 2.05) is 17.5 Å². The van der Waals surface area contributed by atoms with Crippen LogP contribution in [-0.4, -0.2) is 37.7 Å². The van der Waals surface area contributed by atoms with Gasteiger partial charge in [0, 0.05) is 19.7 Å². The van der Waals surface area contributed by atoms with Gasteiger partial charge in [-0.15, -0.1) is 11.3 Å². The largest absolute Gasteiger partial charge is 0.497 e. The van der Waals surface area contributed by atoms with Gasteiger partial charge in [-0.05, 0) is 35.7 Å². The van der Waals surface area contributed by atoms with Crippen LogP contribution < -0.4 is 16.0 Å². The molecular weight excluding hydrogens is 436 g/mol. The number of rotatable bonds is 6. The minimum atomic E-state index is -0.491. The van der Waals surface area contributed by atoms with Crippen molar-refractivity contribution in [3.05, 3.63) is 68.2 Å². The maximum Gasteiger partial charge on any atom is 0.332 e. The summed E-state index contributed by atoms with van der Waals surface area (Å²) in [5.74, 6) is 1.04. The lowest BCUT2D eigenvalue weighted by Crippen LogP contribution is -2.37. The van der Waals surface area contributed by atoms with Gasteiger partial charge in [-0.3, -0.25) is 18.7 Å². The first-order valence-electron chi connectivity index (χ1n) is 9.22. The van der Waals surface area contributed by atoms with E-state index in [9.17, 15) is 14.4 Å². The van der Waals surface area contributed by atoms with Gasteiger partial charge in [0.15, 0.2) is 17.3 Å². The van der Waals surface area contributed by atoms with Crippen LogP contribution in [0.2, 0.25) is 0 Å². The van der Waals surface area contributed by atoms with E-state index >= 15 is 0 Å². The number of ether oxygens (including phenoxy) is 1. The van der Waals surface area contributed by atoms with E-state index in [1.54, 1.807) is 38.4 Å². The van der Waals surface area contributed by atoms with E-state index in [4.69, 9.17) is 4.74 Å². The second-order valence-electron chi connectivity index (χ2n) is 6.67. The lowest BCUT2D eigenvalue weighted by molar-refractivity contribution is 0.102. The summed E-state index contributed by atoms with van der Waals surface area (Å²) in [6.45, 7) is 0. The van der Waals surface area contributed by atoms with Crippen LogP contribution in [0.1, 0.15) is 10.4 Å². The molecule has 10 heteroatoms. The number of thiophene rings is 1. The molecule has 158 valence electrons. The van der Waals surface area contributed by atoms with Gasteiger partial charge >= 0.3 is 5.69 Å². The molecule has 1 aromatic carbocycles. The summed E-state index contributed by atoms with van der Waals surface area (Å²) in [5.41, 5.74) is -0.190. The van der Waals surface area contributed by atoms with Crippen LogP contribution in [0.5, 0.6) is 5.75 Å². The molecule has 0 spiro atoms. The number of fused-ring (bicyclic) bond motifs is 1. The fourth-order valence-electron chi connectivity index (χ4n) is 3.04. The topological polar surface area (TPSA) is 96.1 Å². The molecule has 0 atom stereocenters. The summed E-state index contributed by atoms with van der Waals surface area (Å²) in [6, 6.07) is 10.6. The number of ketones is 1. The Hall–Kier alpha value is -3.24. The van der Waals surface area contributed by atoms with Crippen LogP contribution in [-0.2, 0) is 14.1 Å². The van der Waals surface area contributed by atoms with E-state index in [1.165, 1.54) is 23.0 Å². The lowest BCUT2D eigenvalue weighted by atomic mass is 10.1. The molecule has 0 bridgehead atoms. The van der Waals surface area contributed by atoms with Gasteiger partial charge in [0.25, 0.3) is 5.56 Å². The summed E-state index contributed by atoms with van der Waals surface area (Å²) in [5, 5.41) is 2.48. The Kier molecular flexibility index (Phi) is 5.75. The van der Waals surface area contributed by atoms with Crippen molar-refractivity contribution in [1.82, 2.24) is 19.1 Å². The van der Waals surface area contributed by atoms with Gasteiger partial charge in [0.1, 0.15) is 16.2 Å². The predicted octanol–water partition coefficient (Wildman–Crippen LogP) is 2.74. The molecular formula is C21H18N4O4S2. The summed E-state index contributed by atoms with van der Waals surface area (Å²) < 4.78 is 7.47. The Morgan fingerprint density at radius 2 is 1.84 bits per heavy atom. The molecule has 0 saturated carbocycles. The first-order valence-corrected chi connectivity index (χ1v) is 11.1. The highest BCUT2D eigenvalue weighted by atomic mass is 32.2. The average molecular weight is 455 g/mol. The fourth-order valence-corrected chi connectivity index (χ4v) is 4.61. The van der Waals surface area contributed by atoms with Crippen molar-refractivity contribution in [3.63, 3.8) is 0 Å². The van der Waals surface area contributed by atoms with Crippen molar-refractivity contribution < 1.29 is 9.53 Å². The second kappa shape index (κ2) is 8.48. The van der Waals surface area contributed by atoms with Crippen LogP contribution in [0.15, 0.2) is 56.4 Å². The van der Waals surface area contributed by atoms with Crippen molar-refractivity contribution in [2.45, 2.75) is 5.03 Å². The Morgan fingerprint density at radius 3 is 2.48 bits per heavy atom. The second-order valence-corrected chi connectivity index (χ2v) is 8.59. The first-order chi connectivity index (χ1) is 14.9. The Labute approximate surface area is 185 Å². The molecule has 0 radical (unpaired) electrons. The van der Waals surface area contributed by atoms with E-state index < -0.39 is 11.2 Å². The third kappa shape index (κ3) is 3.91. The van der Waals surface area contributed by atoms with Crippen LogP contribution in [0.25, 0.3) is 21.7 Å². The van der Waals surface area contributed by atoms with Gasteiger partial charge in [-0.1, -0.05) is 17.8 Å². The molecule has 4 rings (SSSR count). The maximum atomic E-state index is 12.9. The van der Waals surface area contributed by atoms with E-state index in [0.29, 0.717) is 22.2 Å². The number of methoxy groups -OCH3 is 1. The third-order valence-electron chi connectivity index (χ3n) is 4.76. The van der Waals surface area contributed by atoms with Crippen molar-refractivity contribution in [2.24, 2.45) is 14.1 Å². The molecule has 4 aromatic rings. The number of nitrogens with zero attached hydrogens (tertiary/aromatic N) is 4. The van der Waals surface area contributed by atoms with Crippen LogP contribution in [0.3, 0.4) is 0 Å². The zero-order chi connectivity index (χ0) is 22.1. The van der Waals surface area contributed by atoms with E-state index in [2.05, 4.69) is 9.97 Å². The molecule has 0 aliphatic carbocycles. The summed E-state index contributed by atoms with van der Waals surface area (Å²) in [4.78, 5) is 47.8. The monoisotopic (exact) mass is 454 g/mol. The van der Waals surface area contributed by atoms with Gasteiger partial charge in [-0.25, -0.2) is 14.8 Å². The summed E-state index contributed by atoms with van der Waals surface area (Å²) in [6.07, 6.45) is 0. The molecule has 0 amide bonds. The number of hydrogen-bond donors (Lipinski definition) is 0. The molecule has 3 heterocycles. The molecule has 3 aromatic heterocycles. The highest BCUT2D eigenvalue weighted by molar-refractivity contribution is 8.00. The van der Waals surface area contributed by atoms with Gasteiger partial charge < -0.3 is 4.74 Å². The fraction of sp³-hybridized carbons (Fsp3) is 0.190. The number of aromatic nitrogens is 4. The summed E-state index contributed by atoms with van der Waals surface area (Å²) >= 11 is 2.61. The first kappa shape index (κ1) is 21.0. The van der Waals surface area contributed by atoms with E-state index in [-0.39, 0.29) is 22.6 Å². The average Bonchev–Trinajstić information content (AvgIpc) is 3.34. The van der Waals surface area contributed by atoms with E-state index in [0.717, 1.165) is 21.2 Å². The quantitative estimate of drug-likeness (QED) is 0.251. The van der Waals surface area contributed by atoms with Crippen LogP contribution in [0.4, 0.5) is 0 Å². The normalized spacial score (nSPS) is 11.1. The Morgan fingerprint density at radius 1 is 1.10 bits per heavy atom. The number of Topliss-reactive ketones (excluding diaryl/α,β-unsaturated/α-hetero) is 1. The number of aryl methyl sites for hydroxylation is 1. The van der Waals surface area contributed by atoms with Crippen molar-refractivity contribution in [3.8, 4) is 16.5 Å². The molecule has 0 aliphatic rings. The molecule has 0 fully saturated rings. The number of carbonyl (C=O) groups excluding carboxylic acids is 1. The van der Waals surface area contributed by atoms with Crippen molar-refractivity contribution >= 4 is 39.9 Å². The summed E-state index contributed by atoms with van der Waals surface area (Å²) in [7, 11) is 4.53. The predicted molar refractivity (Wildman–Crippen MR) is 121 cm³/mol. The lowest BCUT2D eigenvalue weighted by Gasteiger charge is -2.11. The minimum Gasteiger partial charge on any atom is -0.497 e. The zero-order valence-corrected chi connectivity index (χ0v) is 18.6. The van der Waals surface area contributed by atoms with Gasteiger partial charge in [0.05, 0.1) is 17.7 Å². The molecule has 0 saturated heterocycles. The number of hydrogen-bond acceptors (Lipinski definition) is 8. The Bertz CT molecular complexity index is 1390. The number of carbonyl (C=O) groups is 1. The standard InChI is InChI=1S/C21H18N4O4S2/c1-24-18-16(20(27)25(2)21(24)28)19(23-17(22-18)15-5-4-10-30-15)31-11-14(26)12-6-8-13(29-3)9-7-12/h4-10H,11H2,1-3H3. The highest BCUT2D eigenvalue weighted by Gasteiger charge is 2.19. The maximum absolute atomic E-state index is 12.9. The molecule has 0 aliphatic heterocycles. The smallest absolute Gasteiger partial charge is 0.332 e. The molecule has 8 nitrogen and oxygen atoms in total. The van der Waals surface area contributed by atoms with Crippen molar-refractivity contribution in [1.29, 1.82) is 0 Å². The molecule has 0 N–H and O–H groups in total. The zero-order valence-electron chi connectivity index (χ0n) is 17.0. The van der Waals surface area contributed by atoms with Crippen LogP contribution >= 0.6 is 23.1 Å². The molecule has 31 heavy (non-hydrogen) atoms. The molecule has 0 unspecified atom stereocenters. The highest BCUT2D eigenvalue weighted by Crippen LogP contribution is 2.28.